The summed E-state index contributed by atoms with van der Waals surface area (Å²) in [6, 6.07) is 5.43. The van der Waals surface area contributed by atoms with Crippen LogP contribution in [0.15, 0.2) is 22.7 Å². The van der Waals surface area contributed by atoms with Gasteiger partial charge in [0.05, 0.1) is 18.4 Å². The van der Waals surface area contributed by atoms with Gasteiger partial charge in [-0.1, -0.05) is 28.4 Å². The van der Waals surface area contributed by atoms with Crippen molar-refractivity contribution in [3.05, 3.63) is 28.2 Å². The van der Waals surface area contributed by atoms with Gasteiger partial charge in [0.1, 0.15) is 0 Å². The highest BCUT2D eigenvalue weighted by molar-refractivity contribution is 9.10. The largest absolute Gasteiger partial charge is 0.399 e. The molecule has 1 aliphatic heterocycles. The normalized spacial score (nSPS) is 26.1. The maximum atomic E-state index is 12.2. The van der Waals surface area contributed by atoms with Gasteiger partial charge in [0.2, 0.25) is 11.8 Å². The van der Waals surface area contributed by atoms with Gasteiger partial charge in [-0.2, -0.15) is 0 Å². The van der Waals surface area contributed by atoms with E-state index in [1.807, 2.05) is 6.07 Å². The average molecular weight is 323 g/mol. The number of nitrogens with two attached hydrogens (primary N) is 1. The number of amides is 2. The quantitative estimate of drug-likeness (QED) is 0.671. The van der Waals surface area contributed by atoms with Crippen molar-refractivity contribution in [1.82, 2.24) is 4.90 Å². The lowest BCUT2D eigenvalue weighted by atomic mass is 10.00. The van der Waals surface area contributed by atoms with E-state index >= 15 is 0 Å². The average Bonchev–Trinajstić information content (AvgIpc) is 2.92. The summed E-state index contributed by atoms with van der Waals surface area (Å²) in [7, 11) is 0. The van der Waals surface area contributed by atoms with Crippen LogP contribution in [0.3, 0.4) is 0 Å². The van der Waals surface area contributed by atoms with Crippen LogP contribution in [0.25, 0.3) is 0 Å². The van der Waals surface area contributed by atoms with Gasteiger partial charge in [-0.3, -0.25) is 14.5 Å². The second-order valence-electron chi connectivity index (χ2n) is 5.26. The number of likely N-dealkylation sites (tertiary alicyclic amines) is 1. The Morgan fingerprint density at radius 3 is 2.42 bits per heavy atom. The monoisotopic (exact) mass is 322 g/mol. The summed E-state index contributed by atoms with van der Waals surface area (Å²) in [4.78, 5) is 25.9. The molecule has 4 nitrogen and oxygen atoms in total. The Labute approximate surface area is 120 Å². The van der Waals surface area contributed by atoms with E-state index in [4.69, 9.17) is 5.73 Å². The predicted molar refractivity (Wildman–Crippen MR) is 74.9 cm³/mol. The second kappa shape index (κ2) is 4.63. The summed E-state index contributed by atoms with van der Waals surface area (Å²) in [6.45, 7) is 0.339. The third kappa shape index (κ3) is 2.06. The highest BCUT2D eigenvalue weighted by Gasteiger charge is 2.49. The van der Waals surface area contributed by atoms with Crippen LogP contribution in [-0.2, 0) is 16.1 Å². The van der Waals surface area contributed by atoms with Crippen LogP contribution in [0.4, 0.5) is 5.69 Å². The Morgan fingerprint density at radius 1 is 1.21 bits per heavy atom. The molecule has 2 aliphatic rings. The first-order valence-electron chi connectivity index (χ1n) is 6.47. The van der Waals surface area contributed by atoms with Crippen LogP contribution < -0.4 is 5.73 Å². The molecule has 100 valence electrons. The fraction of sp³-hybridized carbons (Fsp3) is 0.429. The number of imide groups is 1. The molecule has 5 heteroatoms. The number of nitrogens with zero attached hydrogens (tertiary/aromatic N) is 1. The number of rotatable bonds is 2. The van der Waals surface area contributed by atoms with Crippen molar-refractivity contribution in [2.24, 2.45) is 11.8 Å². The minimum Gasteiger partial charge on any atom is -0.399 e. The first-order valence-corrected chi connectivity index (χ1v) is 7.26. The Bertz CT molecular complexity index is 536. The standard InChI is InChI=1S/C14H15BrN2O2/c15-12-6-9(16)5-4-8(12)7-17-13(18)10-2-1-3-11(10)14(17)19/h4-6,10-11H,1-3,7,16H2. The van der Waals surface area contributed by atoms with Gasteiger partial charge < -0.3 is 5.73 Å². The van der Waals surface area contributed by atoms with Gasteiger partial charge in [0.15, 0.2) is 0 Å². The molecular formula is C14H15BrN2O2. The molecule has 3 rings (SSSR count). The molecule has 1 aliphatic carbocycles. The molecule has 0 aromatic heterocycles. The lowest BCUT2D eigenvalue weighted by Crippen LogP contribution is -2.31. The number of nitrogen functional groups attached to an aromatic ring is 1. The van der Waals surface area contributed by atoms with Crippen molar-refractivity contribution in [1.29, 1.82) is 0 Å². The first kappa shape index (κ1) is 12.7. The predicted octanol–water partition coefficient (Wildman–Crippen LogP) is 2.32. The Hall–Kier alpha value is -1.36. The van der Waals surface area contributed by atoms with Crippen molar-refractivity contribution in [3.63, 3.8) is 0 Å². The summed E-state index contributed by atoms with van der Waals surface area (Å²) >= 11 is 3.43. The van der Waals surface area contributed by atoms with Crippen LogP contribution in [0.2, 0.25) is 0 Å². The molecule has 19 heavy (non-hydrogen) atoms. The van der Waals surface area contributed by atoms with Crippen molar-refractivity contribution in [2.75, 3.05) is 5.73 Å². The number of anilines is 1. The Balaban J connectivity index is 1.84. The number of benzene rings is 1. The molecular weight excluding hydrogens is 308 g/mol. The highest BCUT2D eigenvalue weighted by atomic mass is 79.9. The molecule has 1 aromatic carbocycles. The molecule has 0 spiro atoms. The third-order valence-electron chi connectivity index (χ3n) is 4.09. The zero-order chi connectivity index (χ0) is 13.6. The van der Waals surface area contributed by atoms with Gasteiger partial charge in [-0.05, 0) is 30.5 Å². The van der Waals surface area contributed by atoms with E-state index in [-0.39, 0.29) is 23.7 Å². The highest BCUT2D eigenvalue weighted by Crippen LogP contribution is 2.40. The maximum Gasteiger partial charge on any atom is 0.233 e. The third-order valence-corrected chi connectivity index (χ3v) is 4.83. The fourth-order valence-corrected chi connectivity index (χ4v) is 3.60. The van der Waals surface area contributed by atoms with Gasteiger partial charge in [-0.25, -0.2) is 0 Å². The van der Waals surface area contributed by atoms with E-state index < -0.39 is 0 Å². The molecule has 2 N–H and O–H groups in total. The van der Waals surface area contributed by atoms with E-state index in [9.17, 15) is 9.59 Å². The van der Waals surface area contributed by atoms with E-state index in [2.05, 4.69) is 15.9 Å². The van der Waals surface area contributed by atoms with Crippen molar-refractivity contribution in [3.8, 4) is 0 Å². The van der Waals surface area contributed by atoms with Gasteiger partial charge in [0.25, 0.3) is 0 Å². The first-order chi connectivity index (χ1) is 9.08. The molecule has 1 heterocycles. The molecule has 1 saturated heterocycles. The van der Waals surface area contributed by atoms with Crippen LogP contribution in [0.1, 0.15) is 24.8 Å². The van der Waals surface area contributed by atoms with Gasteiger partial charge in [0, 0.05) is 10.2 Å². The molecule has 0 radical (unpaired) electrons. The lowest BCUT2D eigenvalue weighted by Gasteiger charge is -2.17. The molecule has 2 fully saturated rings. The minimum absolute atomic E-state index is 0.00350. The molecule has 2 amide bonds. The molecule has 2 unspecified atom stereocenters. The Morgan fingerprint density at radius 2 is 1.84 bits per heavy atom. The lowest BCUT2D eigenvalue weighted by molar-refractivity contribution is -0.141. The Kier molecular flexibility index (Phi) is 3.09. The maximum absolute atomic E-state index is 12.2. The van der Waals surface area contributed by atoms with E-state index in [1.54, 1.807) is 12.1 Å². The smallest absolute Gasteiger partial charge is 0.233 e. The number of fused-ring (bicyclic) bond motifs is 1. The number of halogens is 1. The number of carbonyl (C=O) groups is 2. The van der Waals surface area contributed by atoms with Crippen molar-refractivity contribution in [2.45, 2.75) is 25.8 Å². The van der Waals surface area contributed by atoms with Crippen LogP contribution >= 0.6 is 15.9 Å². The topological polar surface area (TPSA) is 63.4 Å². The summed E-state index contributed by atoms with van der Waals surface area (Å²) < 4.78 is 0.838. The van der Waals surface area contributed by atoms with Gasteiger partial charge in [-0.15, -0.1) is 0 Å². The van der Waals surface area contributed by atoms with E-state index in [0.29, 0.717) is 12.2 Å². The number of carbonyl (C=O) groups excluding carboxylic acids is 2. The summed E-state index contributed by atoms with van der Waals surface area (Å²) in [6.07, 6.45) is 2.70. The van der Waals surface area contributed by atoms with Crippen LogP contribution in [-0.4, -0.2) is 16.7 Å². The zero-order valence-electron chi connectivity index (χ0n) is 10.4. The van der Waals surface area contributed by atoms with E-state index in [0.717, 1.165) is 29.3 Å². The van der Waals surface area contributed by atoms with Crippen LogP contribution in [0.5, 0.6) is 0 Å². The summed E-state index contributed by atoms with van der Waals surface area (Å²) in [5.41, 5.74) is 7.26. The summed E-state index contributed by atoms with van der Waals surface area (Å²) in [5.74, 6) is -0.146. The molecule has 1 aromatic rings. The van der Waals surface area contributed by atoms with Crippen molar-refractivity contribution >= 4 is 33.4 Å². The SMILES string of the molecule is Nc1ccc(CN2C(=O)C3CCCC3C2=O)c(Br)c1. The van der Waals surface area contributed by atoms with E-state index in [1.165, 1.54) is 4.90 Å². The van der Waals surface area contributed by atoms with Gasteiger partial charge >= 0.3 is 0 Å². The van der Waals surface area contributed by atoms with Crippen molar-refractivity contribution < 1.29 is 9.59 Å². The summed E-state index contributed by atoms with van der Waals surface area (Å²) in [5, 5.41) is 0. The zero-order valence-corrected chi connectivity index (χ0v) is 12.0. The number of hydrogen-bond donors (Lipinski definition) is 1. The minimum atomic E-state index is -0.0694. The molecule has 1 saturated carbocycles. The second-order valence-corrected chi connectivity index (χ2v) is 6.11. The number of hydrogen-bond acceptors (Lipinski definition) is 3. The molecule has 0 bridgehead atoms. The molecule has 2 atom stereocenters. The van der Waals surface area contributed by atoms with Crippen LogP contribution in [0, 0.1) is 11.8 Å². The fourth-order valence-electron chi connectivity index (χ4n) is 3.08.